The Balaban J connectivity index is 3.33. The van der Waals surface area contributed by atoms with Crippen molar-refractivity contribution in [2.75, 3.05) is 6.07 Å². The van der Waals surface area contributed by atoms with E-state index >= 15 is 0 Å². The van der Waals surface area contributed by atoms with Gasteiger partial charge in [0, 0.05) is 0 Å². The lowest BCUT2D eigenvalue weighted by Crippen LogP contribution is -2.10. The highest BCUT2D eigenvalue weighted by atomic mass is 35.5. The molecule has 5 heteroatoms. The average molecular weight is 177 g/mol. The molecular formula is C3H3Cl3O2. The molecule has 0 aliphatic carbocycles. The molecule has 2 nitrogen and oxygen atoms in total. The van der Waals surface area contributed by atoms with Gasteiger partial charge in [-0.3, -0.25) is 0 Å². The maximum Gasteiger partial charge on any atom is 0.340 e. The minimum atomic E-state index is -1.13. The largest absolute Gasteiger partial charge is 0.447 e. The van der Waals surface area contributed by atoms with Gasteiger partial charge in [-0.25, -0.2) is 4.79 Å². The summed E-state index contributed by atoms with van der Waals surface area (Å²) in [6, 6.07) is -0.214. The summed E-state index contributed by atoms with van der Waals surface area (Å²) in [6.07, 6.45) is 0. The quantitative estimate of drug-likeness (QED) is 0.472. The van der Waals surface area contributed by atoms with E-state index in [0.29, 0.717) is 0 Å². The molecule has 0 bridgehead atoms. The molecule has 0 rings (SSSR count). The van der Waals surface area contributed by atoms with Crippen molar-refractivity contribution in [3.8, 4) is 0 Å². The number of hydrogen-bond donors (Lipinski definition) is 0. The molecule has 0 aromatic rings. The van der Waals surface area contributed by atoms with Crippen LogP contribution < -0.4 is 0 Å². The monoisotopic (exact) mass is 176 g/mol. The number of alkyl halides is 3. The van der Waals surface area contributed by atoms with Crippen LogP contribution in [0.5, 0.6) is 0 Å². The zero-order valence-corrected chi connectivity index (χ0v) is 6.00. The highest BCUT2D eigenvalue weighted by molar-refractivity contribution is 6.53. The zero-order chi connectivity index (χ0) is 6.57. The molecule has 0 saturated heterocycles. The molecule has 0 fully saturated rings. The topological polar surface area (TPSA) is 26.3 Å². The van der Waals surface area contributed by atoms with E-state index in [9.17, 15) is 4.79 Å². The van der Waals surface area contributed by atoms with Crippen molar-refractivity contribution >= 4 is 40.8 Å². The van der Waals surface area contributed by atoms with Gasteiger partial charge < -0.3 is 4.74 Å². The normalized spacial score (nSPS) is 9.50. The summed E-state index contributed by atoms with van der Waals surface area (Å²) in [4.78, 5) is 9.04. The summed E-state index contributed by atoms with van der Waals surface area (Å²) >= 11 is 15.1. The van der Waals surface area contributed by atoms with Gasteiger partial charge in [0.1, 0.15) is 0 Å². The lowest BCUT2D eigenvalue weighted by atomic mass is 10.8. The third-order valence-corrected chi connectivity index (χ3v) is 0.840. The summed E-state index contributed by atoms with van der Waals surface area (Å²) in [6.45, 7) is 0. The van der Waals surface area contributed by atoms with E-state index in [1.807, 2.05) is 0 Å². The molecule has 48 valence electrons. The minimum absolute atomic E-state index is 0.214. The summed E-state index contributed by atoms with van der Waals surface area (Å²) in [5.74, 6) is -0.719. The van der Waals surface area contributed by atoms with Gasteiger partial charge in [0.05, 0.1) is 0 Å². The van der Waals surface area contributed by atoms with Gasteiger partial charge in [-0.2, -0.15) is 0 Å². The number of hydrogen-bond acceptors (Lipinski definition) is 2. The van der Waals surface area contributed by atoms with Crippen molar-refractivity contribution in [3.63, 3.8) is 0 Å². The van der Waals surface area contributed by atoms with Gasteiger partial charge in [0.15, 0.2) is 6.07 Å². The molecule has 0 heterocycles. The van der Waals surface area contributed by atoms with Gasteiger partial charge in [0.25, 0.3) is 0 Å². The predicted octanol–water partition coefficient (Wildman–Crippen LogP) is 1.53. The molecule has 8 heavy (non-hydrogen) atoms. The van der Waals surface area contributed by atoms with Crippen molar-refractivity contribution in [1.82, 2.24) is 0 Å². The first-order valence-electron chi connectivity index (χ1n) is 1.69. The van der Waals surface area contributed by atoms with E-state index in [2.05, 4.69) is 4.74 Å². The highest BCUT2D eigenvalue weighted by Crippen LogP contribution is 2.03. The van der Waals surface area contributed by atoms with Crippen LogP contribution in [0.2, 0.25) is 0 Å². The van der Waals surface area contributed by atoms with Crippen molar-refractivity contribution in [3.05, 3.63) is 0 Å². The number of ether oxygens (including phenoxy) is 1. The Labute approximate surface area is 61.7 Å². The molecule has 0 aliphatic rings. The third-order valence-electron chi connectivity index (χ3n) is 0.375. The fraction of sp³-hybridized carbons (Fsp3) is 0.667. The second-order valence-corrected chi connectivity index (χ2v) is 2.19. The molecule has 0 aromatic carbocycles. The second kappa shape index (κ2) is 4.24. The summed E-state index contributed by atoms with van der Waals surface area (Å²) in [5, 5.41) is 0. The fourth-order valence-electron chi connectivity index (χ4n) is 0.117. The van der Waals surface area contributed by atoms with Crippen molar-refractivity contribution in [2.24, 2.45) is 0 Å². The standard InChI is InChI=1S/C3H3Cl3O2/c4-1-8-3(7)2(5)6/h2H,1H2. The Bertz CT molecular complexity index is 82.6. The van der Waals surface area contributed by atoms with E-state index in [1.165, 1.54) is 0 Å². The molecule has 0 spiro atoms. The number of carbonyl (C=O) groups is 1. The molecular weight excluding hydrogens is 174 g/mol. The number of carbonyl (C=O) groups excluding carboxylic acids is 1. The molecule has 0 radical (unpaired) electrons. The summed E-state index contributed by atoms with van der Waals surface area (Å²) < 4.78 is 4.17. The zero-order valence-electron chi connectivity index (χ0n) is 3.73. The Hall–Kier alpha value is 0.340. The van der Waals surface area contributed by atoms with Gasteiger partial charge >= 0.3 is 5.97 Å². The van der Waals surface area contributed by atoms with E-state index < -0.39 is 10.8 Å². The first kappa shape index (κ1) is 8.34. The van der Waals surface area contributed by atoms with Crippen molar-refractivity contribution in [1.29, 1.82) is 0 Å². The average Bonchev–Trinajstić information content (AvgIpc) is 1.67. The van der Waals surface area contributed by atoms with Gasteiger partial charge in [0.2, 0.25) is 4.84 Å². The highest BCUT2D eigenvalue weighted by Gasteiger charge is 2.10. The molecule has 0 aromatic heterocycles. The van der Waals surface area contributed by atoms with Crippen LogP contribution in [0, 0.1) is 0 Å². The van der Waals surface area contributed by atoms with Crippen LogP contribution in [0.25, 0.3) is 0 Å². The van der Waals surface area contributed by atoms with E-state index in [4.69, 9.17) is 34.8 Å². The molecule has 0 saturated carbocycles. The fourth-order valence-corrected chi connectivity index (χ4v) is 0.350. The van der Waals surface area contributed by atoms with Crippen LogP contribution >= 0.6 is 34.8 Å². The first-order valence-corrected chi connectivity index (χ1v) is 3.10. The summed E-state index contributed by atoms with van der Waals surface area (Å²) in [7, 11) is 0. The lowest BCUT2D eigenvalue weighted by Gasteiger charge is -1.97. The number of esters is 1. The molecule has 0 atom stereocenters. The molecule has 0 amide bonds. The lowest BCUT2D eigenvalue weighted by molar-refractivity contribution is -0.139. The van der Waals surface area contributed by atoms with Crippen LogP contribution in [0.1, 0.15) is 0 Å². The number of rotatable bonds is 2. The maximum absolute atomic E-state index is 10.2. The van der Waals surface area contributed by atoms with Crippen LogP contribution in [0.3, 0.4) is 0 Å². The predicted molar refractivity (Wildman–Crippen MR) is 32.3 cm³/mol. The maximum atomic E-state index is 10.2. The Morgan fingerprint density at radius 3 is 2.25 bits per heavy atom. The summed E-state index contributed by atoms with van der Waals surface area (Å²) in [5.41, 5.74) is 0. The third kappa shape index (κ3) is 3.36. The molecule has 0 unspecified atom stereocenters. The number of halogens is 3. The molecule has 0 aliphatic heterocycles. The molecule has 0 N–H and O–H groups in total. The second-order valence-electron chi connectivity index (χ2n) is 0.873. The Kier molecular flexibility index (Phi) is 4.42. The van der Waals surface area contributed by atoms with Gasteiger partial charge in [-0.15, -0.1) is 0 Å². The van der Waals surface area contributed by atoms with Crippen LogP contribution in [-0.2, 0) is 9.53 Å². The Morgan fingerprint density at radius 1 is 1.62 bits per heavy atom. The SMILES string of the molecule is O=C(OCCl)C(Cl)Cl. The van der Waals surface area contributed by atoms with Crippen LogP contribution in [0.4, 0.5) is 0 Å². The van der Waals surface area contributed by atoms with Gasteiger partial charge in [-0.1, -0.05) is 34.8 Å². The minimum Gasteiger partial charge on any atom is -0.447 e. The van der Waals surface area contributed by atoms with Crippen molar-refractivity contribution < 1.29 is 9.53 Å². The van der Waals surface area contributed by atoms with Gasteiger partial charge in [-0.05, 0) is 0 Å². The Morgan fingerprint density at radius 2 is 2.12 bits per heavy atom. The first-order chi connectivity index (χ1) is 3.68. The van der Waals surface area contributed by atoms with Crippen LogP contribution in [0.15, 0.2) is 0 Å². The van der Waals surface area contributed by atoms with E-state index in [-0.39, 0.29) is 6.07 Å². The van der Waals surface area contributed by atoms with E-state index in [0.717, 1.165) is 0 Å². The van der Waals surface area contributed by atoms with E-state index in [1.54, 1.807) is 0 Å². The van der Waals surface area contributed by atoms with Crippen molar-refractivity contribution in [2.45, 2.75) is 4.84 Å². The van der Waals surface area contributed by atoms with Crippen LogP contribution in [-0.4, -0.2) is 16.9 Å². The smallest absolute Gasteiger partial charge is 0.340 e.